The molecule has 3 heterocycles. The number of urea groups is 1. The highest BCUT2D eigenvalue weighted by Gasteiger charge is 2.43. The van der Waals surface area contributed by atoms with Crippen LogP contribution in [0.2, 0.25) is 0 Å². The van der Waals surface area contributed by atoms with E-state index in [1.807, 2.05) is 36.4 Å². The second-order valence-electron chi connectivity index (χ2n) is 6.93. The van der Waals surface area contributed by atoms with Gasteiger partial charge in [0.05, 0.1) is 31.0 Å². The molecule has 2 aromatic rings. The van der Waals surface area contributed by atoms with E-state index >= 15 is 0 Å². The third-order valence-electron chi connectivity index (χ3n) is 5.18. The topological polar surface area (TPSA) is 74.8 Å². The van der Waals surface area contributed by atoms with Crippen molar-refractivity contribution in [1.82, 2.24) is 20.1 Å². The number of amides is 3. The molecule has 0 aliphatic carbocycles. The largest absolute Gasteiger partial charge is 0.497 e. The predicted octanol–water partition coefficient (Wildman–Crippen LogP) is 2.64. The Hall–Kier alpha value is -3.61. The van der Waals surface area contributed by atoms with Gasteiger partial charge in [0.25, 0.3) is 5.91 Å². The van der Waals surface area contributed by atoms with Gasteiger partial charge in [-0.2, -0.15) is 0 Å². The zero-order chi connectivity index (χ0) is 20.4. The summed E-state index contributed by atoms with van der Waals surface area (Å²) in [6.45, 7) is 4.92. The fourth-order valence-electron chi connectivity index (χ4n) is 3.75. The smallest absolute Gasteiger partial charge is 0.322 e. The average Bonchev–Trinajstić information content (AvgIpc) is 3.07. The van der Waals surface area contributed by atoms with Gasteiger partial charge in [0.15, 0.2) is 0 Å². The highest BCUT2D eigenvalue weighted by molar-refractivity contribution is 6.01. The number of carbonyl (C=O) groups excluding carboxylic acids is 2. The maximum atomic E-state index is 13.3. The number of nitrogens with zero attached hydrogens (tertiary/aromatic N) is 3. The second kappa shape index (κ2) is 7.79. The molecule has 1 unspecified atom stereocenters. The van der Waals surface area contributed by atoms with Crippen molar-refractivity contribution in [3.63, 3.8) is 0 Å². The first-order valence-corrected chi connectivity index (χ1v) is 9.36. The van der Waals surface area contributed by atoms with Gasteiger partial charge in [-0.15, -0.1) is 6.58 Å². The maximum Gasteiger partial charge on any atom is 0.322 e. The minimum Gasteiger partial charge on any atom is -0.497 e. The number of carbonyl (C=O) groups is 2. The van der Waals surface area contributed by atoms with E-state index in [-0.39, 0.29) is 11.9 Å². The number of benzene rings is 1. The van der Waals surface area contributed by atoms with Gasteiger partial charge >= 0.3 is 6.03 Å². The van der Waals surface area contributed by atoms with Gasteiger partial charge in [0.1, 0.15) is 5.75 Å². The van der Waals surface area contributed by atoms with Crippen LogP contribution in [0, 0.1) is 0 Å². The summed E-state index contributed by atoms with van der Waals surface area (Å²) in [5.74, 6) is 0.641. The number of aromatic nitrogens is 1. The van der Waals surface area contributed by atoms with Gasteiger partial charge in [-0.1, -0.05) is 18.2 Å². The number of rotatable bonds is 6. The molecular formula is C22H22N4O3. The number of nitrogens with one attached hydrogen (secondary N) is 1. The molecule has 4 rings (SSSR count). The summed E-state index contributed by atoms with van der Waals surface area (Å²) in [5, 5.41) is 2.97. The van der Waals surface area contributed by atoms with Crippen LogP contribution in [-0.2, 0) is 11.3 Å². The van der Waals surface area contributed by atoms with Crippen LogP contribution in [0.15, 0.2) is 72.7 Å². The summed E-state index contributed by atoms with van der Waals surface area (Å²) in [6.07, 6.45) is 5.07. The standard InChI is InChI=1S/C22H22N4O3/c1-3-12-26-18-14-25(13-15-8-10-23-11-9-15)21(27)19(18)20(24-22(26)28)16-4-6-17(29-2)7-5-16/h3-11,20H,1,12-14H2,2H3,(H,24,28). The number of ether oxygens (including phenoxy) is 1. The van der Waals surface area contributed by atoms with Gasteiger partial charge in [0.2, 0.25) is 0 Å². The fraction of sp³-hybridized carbons (Fsp3) is 0.227. The van der Waals surface area contributed by atoms with Crippen LogP contribution < -0.4 is 10.1 Å². The van der Waals surface area contributed by atoms with Crippen LogP contribution in [0.25, 0.3) is 0 Å². The Morgan fingerprint density at radius 1 is 1.21 bits per heavy atom. The molecule has 29 heavy (non-hydrogen) atoms. The molecule has 2 aliphatic rings. The molecule has 0 saturated carbocycles. The average molecular weight is 390 g/mol. The molecule has 0 fully saturated rings. The van der Waals surface area contributed by atoms with Gasteiger partial charge in [-0.05, 0) is 35.4 Å². The van der Waals surface area contributed by atoms with E-state index in [1.165, 1.54) is 0 Å². The van der Waals surface area contributed by atoms with E-state index in [2.05, 4.69) is 16.9 Å². The number of hydrogen-bond acceptors (Lipinski definition) is 4. The number of hydrogen-bond donors (Lipinski definition) is 1. The second-order valence-corrected chi connectivity index (χ2v) is 6.93. The zero-order valence-electron chi connectivity index (χ0n) is 16.2. The molecule has 3 amide bonds. The van der Waals surface area contributed by atoms with E-state index < -0.39 is 6.04 Å². The van der Waals surface area contributed by atoms with Crippen molar-refractivity contribution in [2.45, 2.75) is 12.6 Å². The Labute approximate surface area is 169 Å². The lowest BCUT2D eigenvalue weighted by molar-refractivity contribution is -0.126. The van der Waals surface area contributed by atoms with E-state index in [4.69, 9.17) is 4.74 Å². The van der Waals surface area contributed by atoms with Crippen molar-refractivity contribution in [2.24, 2.45) is 0 Å². The molecular weight excluding hydrogens is 368 g/mol. The maximum absolute atomic E-state index is 13.3. The van der Waals surface area contributed by atoms with E-state index in [9.17, 15) is 9.59 Å². The summed E-state index contributed by atoms with van der Waals surface area (Å²) in [6, 6.07) is 10.4. The van der Waals surface area contributed by atoms with Gasteiger partial charge in [-0.25, -0.2) is 4.79 Å². The third-order valence-corrected chi connectivity index (χ3v) is 5.18. The molecule has 7 heteroatoms. The number of pyridine rings is 1. The van der Waals surface area contributed by atoms with Crippen LogP contribution in [0.5, 0.6) is 5.75 Å². The monoisotopic (exact) mass is 390 g/mol. The molecule has 1 aromatic carbocycles. The van der Waals surface area contributed by atoms with Gasteiger partial charge < -0.3 is 15.0 Å². The van der Waals surface area contributed by atoms with E-state index in [0.717, 1.165) is 22.6 Å². The van der Waals surface area contributed by atoms with E-state index in [0.29, 0.717) is 25.2 Å². The Kier molecular flexibility index (Phi) is 5.03. The lowest BCUT2D eigenvalue weighted by atomic mass is 9.95. The molecule has 0 spiro atoms. The van der Waals surface area contributed by atoms with Crippen molar-refractivity contribution in [3.8, 4) is 5.75 Å². The molecule has 2 aliphatic heterocycles. The van der Waals surface area contributed by atoms with Crippen LogP contribution in [0.4, 0.5) is 4.79 Å². The molecule has 0 saturated heterocycles. The van der Waals surface area contributed by atoms with Crippen molar-refractivity contribution in [1.29, 1.82) is 0 Å². The summed E-state index contributed by atoms with van der Waals surface area (Å²) in [7, 11) is 1.60. The first kappa shape index (κ1) is 18.7. The first-order valence-electron chi connectivity index (χ1n) is 9.36. The molecule has 7 nitrogen and oxygen atoms in total. The summed E-state index contributed by atoms with van der Waals surface area (Å²) >= 11 is 0. The Bertz CT molecular complexity index is 969. The lowest BCUT2D eigenvalue weighted by Crippen LogP contribution is -2.47. The van der Waals surface area contributed by atoms with Crippen LogP contribution >= 0.6 is 0 Å². The zero-order valence-corrected chi connectivity index (χ0v) is 16.2. The van der Waals surface area contributed by atoms with Crippen molar-refractivity contribution < 1.29 is 14.3 Å². The minimum atomic E-state index is -0.501. The molecule has 1 atom stereocenters. The van der Waals surface area contributed by atoms with Crippen molar-refractivity contribution in [2.75, 3.05) is 20.2 Å². The minimum absolute atomic E-state index is 0.0771. The molecule has 0 bridgehead atoms. The predicted molar refractivity (Wildman–Crippen MR) is 108 cm³/mol. The third kappa shape index (κ3) is 3.47. The lowest BCUT2D eigenvalue weighted by Gasteiger charge is -2.33. The van der Waals surface area contributed by atoms with Crippen LogP contribution in [-0.4, -0.2) is 46.9 Å². The summed E-state index contributed by atoms with van der Waals surface area (Å²) in [5.41, 5.74) is 3.16. The SMILES string of the molecule is C=CCN1C(=O)NC(c2ccc(OC)cc2)C2=C1CN(Cc1ccncc1)C2=O. The van der Waals surface area contributed by atoms with Crippen molar-refractivity contribution in [3.05, 3.63) is 83.8 Å². The van der Waals surface area contributed by atoms with Crippen molar-refractivity contribution >= 4 is 11.9 Å². The Morgan fingerprint density at radius 3 is 2.59 bits per heavy atom. The Morgan fingerprint density at radius 2 is 1.93 bits per heavy atom. The normalized spacial score (nSPS) is 18.6. The Balaban J connectivity index is 1.69. The van der Waals surface area contributed by atoms with Crippen LogP contribution in [0.1, 0.15) is 17.2 Å². The van der Waals surface area contributed by atoms with E-state index in [1.54, 1.807) is 35.4 Å². The highest BCUT2D eigenvalue weighted by Crippen LogP contribution is 2.37. The molecule has 148 valence electrons. The summed E-state index contributed by atoms with van der Waals surface area (Å²) in [4.78, 5) is 33.5. The highest BCUT2D eigenvalue weighted by atomic mass is 16.5. The van der Waals surface area contributed by atoms with Gasteiger partial charge in [-0.3, -0.25) is 14.7 Å². The number of methoxy groups -OCH3 is 1. The molecule has 1 N–H and O–H groups in total. The van der Waals surface area contributed by atoms with Gasteiger partial charge in [0, 0.05) is 25.5 Å². The van der Waals surface area contributed by atoms with Crippen LogP contribution in [0.3, 0.4) is 0 Å². The fourth-order valence-corrected chi connectivity index (χ4v) is 3.75. The summed E-state index contributed by atoms with van der Waals surface area (Å²) < 4.78 is 5.22. The molecule has 0 radical (unpaired) electrons. The first-order chi connectivity index (χ1) is 14.1. The quantitative estimate of drug-likeness (QED) is 0.770. The molecule has 1 aromatic heterocycles.